The molecule has 0 N–H and O–H groups in total. The Labute approximate surface area is 131 Å². The average Bonchev–Trinajstić information content (AvgIpc) is 2.61. The van der Waals surface area contributed by atoms with E-state index >= 15 is 0 Å². The molecule has 0 bridgehead atoms. The second kappa shape index (κ2) is 5.43. The van der Waals surface area contributed by atoms with Gasteiger partial charge in [0.15, 0.2) is 17.8 Å². The number of rotatable bonds is 2. The molecule has 0 radical (unpaired) electrons. The summed E-state index contributed by atoms with van der Waals surface area (Å²) in [6.45, 7) is 0. The molecule has 0 fully saturated rings. The van der Waals surface area contributed by atoms with Gasteiger partial charge >= 0.3 is 0 Å². The summed E-state index contributed by atoms with van der Waals surface area (Å²) in [5.74, 6) is 1.44. The smallest absolute Gasteiger partial charge is 0.178 e. The maximum atomic E-state index is 11.5. The van der Waals surface area contributed by atoms with Crippen LogP contribution < -0.4 is 9.47 Å². The summed E-state index contributed by atoms with van der Waals surface area (Å²) >= 11 is 12.5. The molecule has 0 aromatic heterocycles. The van der Waals surface area contributed by atoms with Crippen LogP contribution in [0, 0.1) is 0 Å². The van der Waals surface area contributed by atoms with Crippen molar-refractivity contribution in [3.8, 4) is 17.2 Å². The molecule has 3 nitrogen and oxygen atoms in total. The molecule has 1 heterocycles. The lowest BCUT2D eigenvalue weighted by Gasteiger charge is -2.13. The van der Waals surface area contributed by atoms with Gasteiger partial charge in [-0.15, -0.1) is 0 Å². The van der Waals surface area contributed by atoms with E-state index in [0.29, 0.717) is 45.3 Å². The molecule has 1 aliphatic heterocycles. The number of para-hydroxylation sites is 1. The van der Waals surface area contributed by atoms with E-state index in [0.717, 1.165) is 0 Å². The standard InChI is InChI=1S/C16H10Cl2O3/c1-20-14-7-9(17)6-11-15(18)12(8-19)10-4-2-3-5-13(10)21-16(11)14/h2-8H,1H3. The molecule has 0 aliphatic carbocycles. The summed E-state index contributed by atoms with van der Waals surface area (Å²) in [6, 6.07) is 10.5. The molecule has 106 valence electrons. The third-order valence-electron chi connectivity index (χ3n) is 3.22. The molecular weight excluding hydrogens is 311 g/mol. The van der Waals surface area contributed by atoms with Crippen LogP contribution in [-0.4, -0.2) is 13.4 Å². The lowest BCUT2D eigenvalue weighted by molar-refractivity contribution is -0.103. The highest BCUT2D eigenvalue weighted by Crippen LogP contribution is 2.48. The normalized spacial score (nSPS) is 12.9. The van der Waals surface area contributed by atoms with Crippen molar-refractivity contribution in [3.63, 3.8) is 0 Å². The number of allylic oxidation sites excluding steroid dienone is 1. The predicted octanol–water partition coefficient (Wildman–Crippen LogP) is 4.76. The number of benzene rings is 2. The lowest BCUT2D eigenvalue weighted by Crippen LogP contribution is -1.93. The summed E-state index contributed by atoms with van der Waals surface area (Å²) in [5, 5.41) is 0.731. The van der Waals surface area contributed by atoms with Gasteiger partial charge in [0.05, 0.1) is 12.1 Å². The van der Waals surface area contributed by atoms with E-state index in [4.69, 9.17) is 32.7 Å². The Bertz CT molecular complexity index is 766. The molecule has 1 aliphatic rings. The molecule has 2 aromatic rings. The third kappa shape index (κ3) is 2.28. The molecule has 3 rings (SSSR count). The zero-order valence-electron chi connectivity index (χ0n) is 11.0. The van der Waals surface area contributed by atoms with Gasteiger partial charge in [0.25, 0.3) is 0 Å². The largest absolute Gasteiger partial charge is 0.493 e. The van der Waals surface area contributed by atoms with Gasteiger partial charge in [-0.25, -0.2) is 0 Å². The van der Waals surface area contributed by atoms with E-state index in [9.17, 15) is 4.79 Å². The van der Waals surface area contributed by atoms with Crippen LogP contribution >= 0.6 is 23.2 Å². The summed E-state index contributed by atoms with van der Waals surface area (Å²) < 4.78 is 11.2. The van der Waals surface area contributed by atoms with Gasteiger partial charge in [0.1, 0.15) is 5.75 Å². The molecule has 0 atom stereocenters. The quantitative estimate of drug-likeness (QED) is 0.748. The number of carbonyl (C=O) groups excluding carboxylic acids is 1. The van der Waals surface area contributed by atoms with Crippen LogP contribution in [0.1, 0.15) is 11.1 Å². The molecule has 21 heavy (non-hydrogen) atoms. The SMILES string of the molecule is COc1cc(Cl)cc2c1Oc1ccccc1C(C=O)=C2Cl. The van der Waals surface area contributed by atoms with Gasteiger partial charge in [-0.1, -0.05) is 41.4 Å². The van der Waals surface area contributed by atoms with Gasteiger partial charge < -0.3 is 9.47 Å². The van der Waals surface area contributed by atoms with Crippen LogP contribution in [0.3, 0.4) is 0 Å². The minimum atomic E-state index is 0.283. The van der Waals surface area contributed by atoms with Crippen LogP contribution in [0.2, 0.25) is 5.02 Å². The Morgan fingerprint density at radius 1 is 1.14 bits per heavy atom. The van der Waals surface area contributed by atoms with Crippen molar-refractivity contribution in [1.82, 2.24) is 0 Å². The van der Waals surface area contributed by atoms with Crippen molar-refractivity contribution in [2.75, 3.05) is 7.11 Å². The topological polar surface area (TPSA) is 35.5 Å². The van der Waals surface area contributed by atoms with Crippen molar-refractivity contribution in [1.29, 1.82) is 0 Å². The molecule has 0 unspecified atom stereocenters. The van der Waals surface area contributed by atoms with Crippen LogP contribution in [0.4, 0.5) is 0 Å². The van der Waals surface area contributed by atoms with Crippen LogP contribution in [-0.2, 0) is 4.79 Å². The predicted molar refractivity (Wildman–Crippen MR) is 83.3 cm³/mol. The van der Waals surface area contributed by atoms with E-state index in [1.807, 2.05) is 12.1 Å². The molecule has 0 saturated carbocycles. The van der Waals surface area contributed by atoms with E-state index in [1.54, 1.807) is 24.3 Å². The molecule has 0 saturated heterocycles. The fraction of sp³-hybridized carbons (Fsp3) is 0.0625. The van der Waals surface area contributed by atoms with Crippen molar-refractivity contribution >= 4 is 40.1 Å². The minimum absolute atomic E-state index is 0.283. The Hall–Kier alpha value is -1.97. The lowest BCUT2D eigenvalue weighted by atomic mass is 10.0. The molecular formula is C16H10Cl2O3. The summed E-state index contributed by atoms with van der Waals surface area (Å²) in [7, 11) is 1.52. The van der Waals surface area contributed by atoms with E-state index in [2.05, 4.69) is 0 Å². The monoisotopic (exact) mass is 320 g/mol. The van der Waals surface area contributed by atoms with E-state index < -0.39 is 0 Å². The zero-order valence-corrected chi connectivity index (χ0v) is 12.5. The first-order valence-corrected chi connectivity index (χ1v) is 6.91. The molecule has 2 aromatic carbocycles. The summed E-state index contributed by atoms with van der Waals surface area (Å²) in [5.41, 5.74) is 1.52. The number of carbonyl (C=O) groups is 1. The first kappa shape index (κ1) is 14.0. The number of halogens is 2. The summed E-state index contributed by atoms with van der Waals surface area (Å²) in [6.07, 6.45) is 0.715. The molecule has 0 amide bonds. The number of hydrogen-bond donors (Lipinski definition) is 0. The van der Waals surface area contributed by atoms with Gasteiger partial charge in [-0.3, -0.25) is 4.79 Å². The highest BCUT2D eigenvalue weighted by Gasteiger charge is 2.25. The number of methoxy groups -OCH3 is 1. The number of fused-ring (bicyclic) bond motifs is 2. The van der Waals surface area contributed by atoms with Crippen LogP contribution in [0.15, 0.2) is 36.4 Å². The van der Waals surface area contributed by atoms with E-state index in [-0.39, 0.29) is 5.03 Å². The second-order valence-corrected chi connectivity index (χ2v) is 5.24. The minimum Gasteiger partial charge on any atom is -0.493 e. The first-order chi connectivity index (χ1) is 10.2. The van der Waals surface area contributed by atoms with Crippen LogP contribution in [0.5, 0.6) is 17.2 Å². The third-order valence-corrected chi connectivity index (χ3v) is 3.84. The maximum absolute atomic E-state index is 11.5. The zero-order chi connectivity index (χ0) is 15.0. The Morgan fingerprint density at radius 2 is 1.90 bits per heavy atom. The maximum Gasteiger partial charge on any atom is 0.178 e. The fourth-order valence-electron chi connectivity index (χ4n) is 2.26. The Balaban J connectivity index is 2.38. The highest BCUT2D eigenvalue weighted by atomic mass is 35.5. The molecule has 5 heteroatoms. The number of ether oxygens (including phenoxy) is 2. The van der Waals surface area contributed by atoms with Gasteiger partial charge in [-0.05, 0) is 12.1 Å². The van der Waals surface area contributed by atoms with Crippen LogP contribution in [0.25, 0.3) is 10.6 Å². The molecule has 0 spiro atoms. The Kier molecular flexibility index (Phi) is 3.62. The second-order valence-electron chi connectivity index (χ2n) is 4.43. The highest BCUT2D eigenvalue weighted by molar-refractivity contribution is 6.56. The van der Waals surface area contributed by atoms with Crippen molar-refractivity contribution in [2.45, 2.75) is 0 Å². The first-order valence-electron chi connectivity index (χ1n) is 6.16. The van der Waals surface area contributed by atoms with Gasteiger partial charge in [0, 0.05) is 27.8 Å². The van der Waals surface area contributed by atoms with Crippen molar-refractivity contribution in [3.05, 3.63) is 52.5 Å². The Morgan fingerprint density at radius 3 is 2.62 bits per heavy atom. The van der Waals surface area contributed by atoms with Crippen molar-refractivity contribution < 1.29 is 14.3 Å². The fourth-order valence-corrected chi connectivity index (χ4v) is 2.75. The van der Waals surface area contributed by atoms with Crippen molar-refractivity contribution in [2.24, 2.45) is 0 Å². The average molecular weight is 321 g/mol. The van der Waals surface area contributed by atoms with Gasteiger partial charge in [-0.2, -0.15) is 0 Å². The van der Waals surface area contributed by atoms with Gasteiger partial charge in [0.2, 0.25) is 0 Å². The number of hydrogen-bond acceptors (Lipinski definition) is 3. The number of aldehydes is 1. The van der Waals surface area contributed by atoms with E-state index in [1.165, 1.54) is 7.11 Å². The summed E-state index contributed by atoms with van der Waals surface area (Å²) in [4.78, 5) is 11.5.